The number of anilines is 4. The van der Waals surface area contributed by atoms with E-state index in [-0.39, 0.29) is 17.6 Å². The highest BCUT2D eigenvalue weighted by molar-refractivity contribution is 7.22. The Balaban J connectivity index is 1.33. The quantitative estimate of drug-likeness (QED) is 0.325. The van der Waals surface area contributed by atoms with Gasteiger partial charge < -0.3 is 25.5 Å². The summed E-state index contributed by atoms with van der Waals surface area (Å²) in [4.78, 5) is 36.9. The molecule has 0 aliphatic carbocycles. The van der Waals surface area contributed by atoms with Crippen LogP contribution in [0.25, 0.3) is 10.2 Å². The largest absolute Gasteiger partial charge is 0.476 e. The molecule has 11 nitrogen and oxygen atoms in total. The van der Waals surface area contributed by atoms with E-state index in [9.17, 15) is 14.7 Å². The van der Waals surface area contributed by atoms with E-state index in [1.807, 2.05) is 44.2 Å². The first-order chi connectivity index (χ1) is 17.3. The number of amides is 2. The molecule has 2 amide bonds. The number of thiazole rings is 2. The fourth-order valence-corrected chi connectivity index (χ4v) is 5.82. The average molecular weight is 525 g/mol. The zero-order chi connectivity index (χ0) is 25.4. The minimum atomic E-state index is -1.09. The van der Waals surface area contributed by atoms with Gasteiger partial charge in [-0.05, 0) is 37.6 Å². The van der Waals surface area contributed by atoms with Gasteiger partial charge >= 0.3 is 12.0 Å². The van der Waals surface area contributed by atoms with Crippen molar-refractivity contribution in [2.24, 2.45) is 0 Å². The van der Waals surface area contributed by atoms with Crippen molar-refractivity contribution < 1.29 is 14.7 Å². The summed E-state index contributed by atoms with van der Waals surface area (Å²) in [5.74, 6) is -0.0177. The van der Waals surface area contributed by atoms with Crippen LogP contribution in [-0.2, 0) is 0 Å². The van der Waals surface area contributed by atoms with Gasteiger partial charge in [-0.2, -0.15) is 0 Å². The Bertz CT molecular complexity index is 1410. The van der Waals surface area contributed by atoms with E-state index < -0.39 is 5.97 Å². The Hall–Kier alpha value is -3.84. The van der Waals surface area contributed by atoms with Crippen LogP contribution in [0.15, 0.2) is 30.3 Å². The van der Waals surface area contributed by atoms with Crippen molar-refractivity contribution in [3.8, 4) is 0 Å². The number of aryl methyl sites for hydroxylation is 1. The molecule has 4 aromatic rings. The van der Waals surface area contributed by atoms with E-state index in [2.05, 4.69) is 30.8 Å². The van der Waals surface area contributed by atoms with Crippen molar-refractivity contribution in [2.45, 2.75) is 19.8 Å². The number of aromatic nitrogens is 4. The third-order valence-electron chi connectivity index (χ3n) is 5.83. The number of nitrogens with one attached hydrogen (secondary N) is 2. The Kier molecular flexibility index (Phi) is 6.41. The van der Waals surface area contributed by atoms with Crippen molar-refractivity contribution in [1.82, 2.24) is 30.4 Å². The molecule has 0 spiro atoms. The fourth-order valence-electron chi connectivity index (χ4n) is 3.85. The lowest BCUT2D eigenvalue weighted by Crippen LogP contribution is -2.52. The molecule has 186 valence electrons. The molecule has 0 unspecified atom stereocenters. The van der Waals surface area contributed by atoms with E-state index in [0.717, 1.165) is 20.9 Å². The van der Waals surface area contributed by atoms with Gasteiger partial charge in [0.2, 0.25) is 0 Å². The summed E-state index contributed by atoms with van der Waals surface area (Å²) < 4.78 is 1.08. The number of hydrogen-bond acceptors (Lipinski definition) is 10. The predicted octanol–water partition coefficient (Wildman–Crippen LogP) is 4.19. The summed E-state index contributed by atoms with van der Waals surface area (Å²) in [6, 6.07) is 9.63. The second-order valence-electron chi connectivity index (χ2n) is 8.36. The van der Waals surface area contributed by atoms with E-state index >= 15 is 0 Å². The third kappa shape index (κ3) is 4.54. The van der Waals surface area contributed by atoms with Gasteiger partial charge in [0.25, 0.3) is 0 Å². The lowest BCUT2D eigenvalue weighted by molar-refractivity contribution is 0.0688. The molecule has 1 fully saturated rings. The number of likely N-dealkylation sites (tertiary alicyclic amines) is 1. The molecule has 0 saturated carbocycles. The molecule has 0 radical (unpaired) electrons. The minimum absolute atomic E-state index is 0.0150. The molecule has 13 heteroatoms. The summed E-state index contributed by atoms with van der Waals surface area (Å²) in [6.45, 7) is 5.25. The van der Waals surface area contributed by atoms with Crippen LogP contribution in [0.1, 0.15) is 33.8 Å². The standard InChI is InChI=1S/C23H24N8O3S2/c1-4-24-22(34)31-10-13(11-31)18-17(20(32)33)26-23(36-18)30(3)16-9-12(2)19(29-28-16)27-21-25-14-7-5-6-8-15(14)35-21/h5-9,13H,4,10-11H2,1-3H3,(H,24,34)(H,32,33)(H,25,27,29). The van der Waals surface area contributed by atoms with Crippen molar-refractivity contribution >= 4 is 66.8 Å². The van der Waals surface area contributed by atoms with Crippen LogP contribution < -0.4 is 15.5 Å². The van der Waals surface area contributed by atoms with E-state index in [4.69, 9.17) is 0 Å². The highest BCUT2D eigenvalue weighted by atomic mass is 32.1. The molecule has 0 atom stereocenters. The van der Waals surface area contributed by atoms with Crippen LogP contribution >= 0.6 is 22.7 Å². The maximum absolute atomic E-state index is 12.0. The summed E-state index contributed by atoms with van der Waals surface area (Å²) in [5.41, 5.74) is 1.79. The smallest absolute Gasteiger partial charge is 0.355 e. The average Bonchev–Trinajstić information content (AvgIpc) is 3.43. The van der Waals surface area contributed by atoms with Gasteiger partial charge in [0, 0.05) is 37.5 Å². The van der Waals surface area contributed by atoms with E-state index in [0.29, 0.717) is 41.3 Å². The molecule has 1 aliphatic rings. The van der Waals surface area contributed by atoms with Crippen molar-refractivity contribution in [1.29, 1.82) is 0 Å². The fraction of sp³-hybridized carbons (Fsp3) is 0.304. The maximum Gasteiger partial charge on any atom is 0.355 e. The van der Waals surface area contributed by atoms with Crippen molar-refractivity contribution in [3.63, 3.8) is 0 Å². The van der Waals surface area contributed by atoms with Gasteiger partial charge in [-0.3, -0.25) is 0 Å². The van der Waals surface area contributed by atoms with Gasteiger partial charge in [-0.25, -0.2) is 19.6 Å². The van der Waals surface area contributed by atoms with Crippen LogP contribution in [0.3, 0.4) is 0 Å². The van der Waals surface area contributed by atoms with Crippen molar-refractivity contribution in [2.75, 3.05) is 36.9 Å². The zero-order valence-electron chi connectivity index (χ0n) is 19.8. The van der Waals surface area contributed by atoms with Gasteiger partial charge in [0.15, 0.2) is 27.6 Å². The number of aromatic carboxylic acids is 1. The molecule has 4 heterocycles. The number of rotatable bonds is 7. The van der Waals surface area contributed by atoms with Crippen LogP contribution in [0.4, 0.5) is 26.7 Å². The number of urea groups is 1. The zero-order valence-corrected chi connectivity index (χ0v) is 21.5. The van der Waals surface area contributed by atoms with Crippen LogP contribution in [0.5, 0.6) is 0 Å². The Morgan fingerprint density at radius 2 is 1.97 bits per heavy atom. The van der Waals surface area contributed by atoms with Gasteiger partial charge in [0.05, 0.1) is 10.2 Å². The first kappa shape index (κ1) is 23.9. The molecule has 1 aromatic carbocycles. The third-order valence-corrected chi connectivity index (χ3v) is 8.08. The van der Waals surface area contributed by atoms with Crippen LogP contribution in [0.2, 0.25) is 0 Å². The lowest BCUT2D eigenvalue weighted by atomic mass is 9.97. The van der Waals surface area contributed by atoms with Crippen LogP contribution in [-0.4, -0.2) is 68.9 Å². The number of carboxylic acids is 1. The number of hydrogen-bond donors (Lipinski definition) is 3. The second kappa shape index (κ2) is 9.66. The second-order valence-corrected chi connectivity index (χ2v) is 10.4. The molecule has 36 heavy (non-hydrogen) atoms. The Labute approximate surface area is 214 Å². The normalized spacial score (nSPS) is 13.5. The van der Waals surface area contributed by atoms with E-state index in [1.165, 1.54) is 22.7 Å². The Morgan fingerprint density at radius 3 is 2.67 bits per heavy atom. The highest BCUT2D eigenvalue weighted by Gasteiger charge is 2.36. The molecule has 1 aliphatic heterocycles. The first-order valence-electron chi connectivity index (χ1n) is 11.3. The monoisotopic (exact) mass is 524 g/mol. The molecule has 5 rings (SSSR count). The SMILES string of the molecule is CCNC(=O)N1CC(c2sc(N(C)c3cc(C)c(Nc4nc5ccccc5s4)nn3)nc2C(=O)O)C1. The van der Waals surface area contributed by atoms with E-state index in [1.54, 1.807) is 16.8 Å². The topological polar surface area (TPSA) is 136 Å². The lowest BCUT2D eigenvalue weighted by Gasteiger charge is -2.38. The highest BCUT2D eigenvalue weighted by Crippen LogP contribution is 2.38. The summed E-state index contributed by atoms with van der Waals surface area (Å²) in [7, 11) is 1.78. The van der Waals surface area contributed by atoms with Gasteiger partial charge in [-0.1, -0.05) is 23.5 Å². The first-order valence-corrected chi connectivity index (χ1v) is 12.9. The number of fused-ring (bicyclic) bond motifs is 1. The summed E-state index contributed by atoms with van der Waals surface area (Å²) in [6.07, 6.45) is 0. The molecular formula is C23H24N8O3S2. The van der Waals surface area contributed by atoms with Gasteiger partial charge in [0.1, 0.15) is 0 Å². The number of benzene rings is 1. The minimum Gasteiger partial charge on any atom is -0.476 e. The predicted molar refractivity (Wildman–Crippen MR) is 140 cm³/mol. The van der Waals surface area contributed by atoms with Crippen molar-refractivity contribution in [3.05, 3.63) is 46.5 Å². The maximum atomic E-state index is 12.0. The number of carbonyl (C=O) groups is 2. The molecular weight excluding hydrogens is 500 g/mol. The summed E-state index contributed by atoms with van der Waals surface area (Å²) in [5, 5.41) is 25.6. The number of nitrogens with zero attached hydrogens (tertiary/aromatic N) is 6. The number of carboxylic acid groups (broad SMARTS) is 1. The van der Waals surface area contributed by atoms with Crippen LogP contribution in [0, 0.1) is 6.92 Å². The number of para-hydroxylation sites is 1. The molecule has 3 N–H and O–H groups in total. The molecule has 1 saturated heterocycles. The Morgan fingerprint density at radius 1 is 1.19 bits per heavy atom. The number of carbonyl (C=O) groups excluding carboxylic acids is 1. The molecule has 0 bridgehead atoms. The van der Waals surface area contributed by atoms with Gasteiger partial charge in [-0.15, -0.1) is 21.5 Å². The molecule has 3 aromatic heterocycles. The summed E-state index contributed by atoms with van der Waals surface area (Å²) >= 11 is 2.84.